The number of nitriles is 1. The van der Waals surface area contributed by atoms with E-state index in [1.807, 2.05) is 6.07 Å². The number of hydrogen-bond donors (Lipinski definition) is 2. The van der Waals surface area contributed by atoms with E-state index in [1.165, 1.54) is 0 Å². The van der Waals surface area contributed by atoms with Crippen molar-refractivity contribution in [1.82, 2.24) is 5.32 Å². The minimum absolute atomic E-state index is 0.146. The van der Waals surface area contributed by atoms with E-state index >= 15 is 0 Å². The lowest BCUT2D eigenvalue weighted by Gasteiger charge is -2.41. The third-order valence-corrected chi connectivity index (χ3v) is 3.59. The van der Waals surface area contributed by atoms with Gasteiger partial charge in [-0.1, -0.05) is 12.1 Å². The molecule has 2 rings (SSSR count). The highest BCUT2D eigenvalue weighted by molar-refractivity contribution is 5.81. The molecule has 0 saturated heterocycles. The molecule has 110 valence electrons. The van der Waals surface area contributed by atoms with Crippen molar-refractivity contribution in [3.8, 4) is 11.8 Å². The van der Waals surface area contributed by atoms with Gasteiger partial charge in [-0.15, -0.1) is 0 Å². The average molecular weight is 287 g/mol. The molecule has 3 N–H and O–H groups in total. The number of rotatable bonds is 6. The summed E-state index contributed by atoms with van der Waals surface area (Å²) in [5.41, 5.74) is 5.07. The van der Waals surface area contributed by atoms with Gasteiger partial charge in [0.25, 0.3) is 5.91 Å². The highest BCUT2D eigenvalue weighted by Crippen LogP contribution is 2.34. The first kappa shape index (κ1) is 14.9. The van der Waals surface area contributed by atoms with Crippen LogP contribution >= 0.6 is 0 Å². The van der Waals surface area contributed by atoms with Gasteiger partial charge in [0.15, 0.2) is 6.61 Å². The maximum atomic E-state index is 11.9. The molecule has 1 aromatic rings. The quantitative estimate of drug-likeness (QED) is 0.809. The third-order valence-electron chi connectivity index (χ3n) is 3.59. The van der Waals surface area contributed by atoms with Crippen molar-refractivity contribution in [2.24, 2.45) is 5.73 Å². The minimum Gasteiger partial charge on any atom is -0.482 e. The zero-order valence-electron chi connectivity index (χ0n) is 11.6. The molecule has 0 atom stereocenters. The van der Waals surface area contributed by atoms with E-state index in [-0.39, 0.29) is 18.9 Å². The summed E-state index contributed by atoms with van der Waals surface area (Å²) < 4.78 is 5.36. The van der Waals surface area contributed by atoms with Crippen LogP contribution in [-0.2, 0) is 9.59 Å². The lowest BCUT2D eigenvalue weighted by Crippen LogP contribution is -2.56. The Balaban J connectivity index is 1.90. The van der Waals surface area contributed by atoms with E-state index in [2.05, 4.69) is 5.32 Å². The molecule has 1 aliphatic carbocycles. The van der Waals surface area contributed by atoms with Gasteiger partial charge in [-0.05, 0) is 31.4 Å². The largest absolute Gasteiger partial charge is 0.482 e. The van der Waals surface area contributed by atoms with Crippen LogP contribution in [0.3, 0.4) is 0 Å². The normalized spacial score (nSPS) is 15.4. The Labute approximate surface area is 122 Å². The monoisotopic (exact) mass is 287 g/mol. The van der Waals surface area contributed by atoms with Gasteiger partial charge in [0, 0.05) is 12.0 Å². The lowest BCUT2D eigenvalue weighted by molar-refractivity contribution is -0.127. The van der Waals surface area contributed by atoms with Crippen LogP contribution in [0.15, 0.2) is 24.3 Å². The number of carbonyl (C=O) groups excluding carboxylic acids is 2. The van der Waals surface area contributed by atoms with Crippen molar-refractivity contribution in [2.75, 3.05) is 6.61 Å². The second-order valence-electron chi connectivity index (χ2n) is 5.22. The fraction of sp³-hybridized carbons (Fsp3) is 0.400. The maximum absolute atomic E-state index is 11.9. The molecule has 0 bridgehead atoms. The summed E-state index contributed by atoms with van der Waals surface area (Å²) in [6.07, 6.45) is 2.60. The summed E-state index contributed by atoms with van der Waals surface area (Å²) in [5.74, 6) is -0.373. The van der Waals surface area contributed by atoms with E-state index in [9.17, 15) is 9.59 Å². The molecule has 1 saturated carbocycles. The van der Waals surface area contributed by atoms with E-state index in [1.54, 1.807) is 24.3 Å². The van der Waals surface area contributed by atoms with Crippen LogP contribution in [-0.4, -0.2) is 24.0 Å². The zero-order valence-corrected chi connectivity index (χ0v) is 11.6. The Kier molecular flexibility index (Phi) is 4.43. The second-order valence-corrected chi connectivity index (χ2v) is 5.22. The standard InChI is InChI=1S/C15H17N3O3/c16-9-11-4-1-2-5-12(11)21-10-14(20)18-15(6-3-7-15)8-13(17)19/h1-2,4-5H,3,6-8,10H2,(H2,17,19)(H,18,20). The van der Waals surface area contributed by atoms with Crippen LogP contribution in [0, 0.1) is 11.3 Å². The molecule has 0 aromatic heterocycles. The summed E-state index contributed by atoms with van der Waals surface area (Å²) >= 11 is 0. The van der Waals surface area contributed by atoms with E-state index in [4.69, 9.17) is 15.7 Å². The summed E-state index contributed by atoms with van der Waals surface area (Å²) in [5, 5.41) is 11.8. The SMILES string of the molecule is N#Cc1ccccc1OCC(=O)NC1(CC(N)=O)CCC1. The number of carbonyl (C=O) groups is 2. The van der Waals surface area contributed by atoms with Gasteiger partial charge in [-0.2, -0.15) is 5.26 Å². The molecular formula is C15H17N3O3. The van der Waals surface area contributed by atoms with Gasteiger partial charge < -0.3 is 15.8 Å². The molecule has 1 aliphatic rings. The van der Waals surface area contributed by atoms with Crippen molar-refractivity contribution >= 4 is 11.8 Å². The molecule has 21 heavy (non-hydrogen) atoms. The maximum Gasteiger partial charge on any atom is 0.258 e. The third kappa shape index (κ3) is 3.72. The minimum atomic E-state index is -0.513. The van der Waals surface area contributed by atoms with Gasteiger partial charge in [0.2, 0.25) is 5.91 Å². The zero-order chi connectivity index (χ0) is 15.3. The fourth-order valence-corrected chi connectivity index (χ4v) is 2.44. The molecule has 1 fully saturated rings. The number of nitrogens with one attached hydrogen (secondary N) is 1. The van der Waals surface area contributed by atoms with Crippen molar-refractivity contribution in [3.63, 3.8) is 0 Å². The highest BCUT2D eigenvalue weighted by Gasteiger charge is 2.39. The van der Waals surface area contributed by atoms with Crippen LogP contribution in [0.25, 0.3) is 0 Å². The Morgan fingerprint density at radius 1 is 1.38 bits per heavy atom. The molecule has 2 amide bonds. The van der Waals surface area contributed by atoms with Crippen molar-refractivity contribution < 1.29 is 14.3 Å². The first-order valence-electron chi connectivity index (χ1n) is 6.76. The topological polar surface area (TPSA) is 105 Å². The Hall–Kier alpha value is -2.55. The molecule has 6 nitrogen and oxygen atoms in total. The van der Waals surface area contributed by atoms with Gasteiger partial charge in [0.1, 0.15) is 11.8 Å². The van der Waals surface area contributed by atoms with Gasteiger partial charge in [0.05, 0.1) is 5.56 Å². The van der Waals surface area contributed by atoms with E-state index < -0.39 is 11.4 Å². The molecule has 0 aliphatic heterocycles. The predicted octanol–water partition coefficient (Wildman–Crippen LogP) is 0.851. The molecule has 0 unspecified atom stereocenters. The number of nitrogens with zero attached hydrogens (tertiary/aromatic N) is 1. The number of hydrogen-bond acceptors (Lipinski definition) is 4. The van der Waals surface area contributed by atoms with Crippen LogP contribution < -0.4 is 15.8 Å². The summed E-state index contributed by atoms with van der Waals surface area (Å²) in [7, 11) is 0. The molecular weight excluding hydrogens is 270 g/mol. The Morgan fingerprint density at radius 2 is 2.10 bits per heavy atom. The number of para-hydroxylation sites is 1. The lowest BCUT2D eigenvalue weighted by atomic mass is 9.74. The summed E-state index contributed by atoms with van der Waals surface area (Å²) in [6.45, 7) is -0.195. The van der Waals surface area contributed by atoms with Crippen molar-refractivity contribution in [1.29, 1.82) is 5.26 Å². The second kappa shape index (κ2) is 6.27. The highest BCUT2D eigenvalue weighted by atomic mass is 16.5. The van der Waals surface area contributed by atoms with E-state index in [0.717, 1.165) is 19.3 Å². The molecule has 0 heterocycles. The number of primary amides is 1. The van der Waals surface area contributed by atoms with Crippen LogP contribution in [0.4, 0.5) is 0 Å². The summed E-state index contributed by atoms with van der Waals surface area (Å²) in [6, 6.07) is 8.70. The van der Waals surface area contributed by atoms with Crippen molar-refractivity contribution in [3.05, 3.63) is 29.8 Å². The number of nitrogens with two attached hydrogens (primary N) is 1. The van der Waals surface area contributed by atoms with E-state index in [0.29, 0.717) is 11.3 Å². The molecule has 1 aromatic carbocycles. The average Bonchev–Trinajstić information content (AvgIpc) is 2.42. The van der Waals surface area contributed by atoms with Crippen molar-refractivity contribution in [2.45, 2.75) is 31.2 Å². The molecule has 0 radical (unpaired) electrons. The van der Waals surface area contributed by atoms with Crippen LogP contribution in [0.2, 0.25) is 0 Å². The molecule has 6 heteroatoms. The molecule has 0 spiro atoms. The predicted molar refractivity (Wildman–Crippen MR) is 75.2 cm³/mol. The van der Waals surface area contributed by atoms with Crippen LogP contribution in [0.1, 0.15) is 31.2 Å². The fourth-order valence-electron chi connectivity index (χ4n) is 2.44. The van der Waals surface area contributed by atoms with Gasteiger partial charge in [-0.3, -0.25) is 9.59 Å². The van der Waals surface area contributed by atoms with Gasteiger partial charge in [-0.25, -0.2) is 0 Å². The van der Waals surface area contributed by atoms with Gasteiger partial charge >= 0.3 is 0 Å². The van der Waals surface area contributed by atoms with Crippen LogP contribution in [0.5, 0.6) is 5.75 Å². The number of amides is 2. The Morgan fingerprint density at radius 3 is 2.67 bits per heavy atom. The Bertz CT molecular complexity index is 588. The smallest absolute Gasteiger partial charge is 0.258 e. The first-order chi connectivity index (χ1) is 10.0. The number of ether oxygens (including phenoxy) is 1. The first-order valence-corrected chi connectivity index (χ1v) is 6.76. The number of benzene rings is 1. The summed E-state index contributed by atoms with van der Waals surface area (Å²) in [4.78, 5) is 23.0.